The van der Waals surface area contributed by atoms with Crippen LogP contribution in [0.4, 0.5) is 0 Å². The molecule has 5 rings (SSSR count). The molecular formula is C28H28Cl2N6O4S. The van der Waals surface area contributed by atoms with Crippen LogP contribution in [0.1, 0.15) is 44.0 Å². The molecule has 0 spiro atoms. The fourth-order valence-corrected chi connectivity index (χ4v) is 7.06. The molecular weight excluding hydrogens is 587 g/mol. The van der Waals surface area contributed by atoms with E-state index < -0.39 is 24.2 Å². The van der Waals surface area contributed by atoms with Gasteiger partial charge in [0.2, 0.25) is 0 Å². The summed E-state index contributed by atoms with van der Waals surface area (Å²) in [5.41, 5.74) is 1.44. The van der Waals surface area contributed by atoms with Gasteiger partial charge in [0.25, 0.3) is 11.8 Å². The van der Waals surface area contributed by atoms with E-state index in [1.165, 1.54) is 11.3 Å². The van der Waals surface area contributed by atoms with Crippen LogP contribution in [0, 0.1) is 11.5 Å². The van der Waals surface area contributed by atoms with Gasteiger partial charge in [-0.15, -0.1) is 11.3 Å². The summed E-state index contributed by atoms with van der Waals surface area (Å²) in [6.45, 7) is 2.10. The second kappa shape index (κ2) is 12.6. The van der Waals surface area contributed by atoms with Crippen LogP contribution in [0.2, 0.25) is 10.0 Å². The lowest BCUT2D eigenvalue weighted by Crippen LogP contribution is -2.57. The Balaban J connectivity index is 1.29. The van der Waals surface area contributed by atoms with Gasteiger partial charge in [0.15, 0.2) is 6.19 Å². The topological polar surface area (TPSA) is 138 Å². The summed E-state index contributed by atoms with van der Waals surface area (Å²) < 4.78 is 1.04. The van der Waals surface area contributed by atoms with E-state index in [0.717, 1.165) is 41.6 Å². The number of aliphatic carboxylic acids is 1. The number of fused-ring (bicyclic) bond motifs is 2. The van der Waals surface area contributed by atoms with Crippen LogP contribution in [-0.4, -0.2) is 71.2 Å². The van der Waals surface area contributed by atoms with Crippen LogP contribution in [0.5, 0.6) is 0 Å². The Kier molecular flexibility index (Phi) is 8.97. The Bertz CT molecular complexity index is 1500. The van der Waals surface area contributed by atoms with Crippen LogP contribution >= 0.6 is 34.5 Å². The monoisotopic (exact) mass is 614 g/mol. The molecule has 2 aliphatic heterocycles. The Morgan fingerprint density at radius 2 is 1.88 bits per heavy atom. The van der Waals surface area contributed by atoms with E-state index in [1.54, 1.807) is 11.0 Å². The van der Waals surface area contributed by atoms with E-state index in [2.05, 4.69) is 16.0 Å². The highest BCUT2D eigenvalue weighted by Crippen LogP contribution is 2.36. The summed E-state index contributed by atoms with van der Waals surface area (Å²) >= 11 is 14.6. The summed E-state index contributed by atoms with van der Waals surface area (Å²) in [6, 6.07) is 10.0. The van der Waals surface area contributed by atoms with Gasteiger partial charge < -0.3 is 15.3 Å². The van der Waals surface area contributed by atoms with Gasteiger partial charge in [0.1, 0.15) is 12.3 Å². The van der Waals surface area contributed by atoms with Gasteiger partial charge in [-0.25, -0.2) is 4.79 Å². The van der Waals surface area contributed by atoms with Crippen LogP contribution < -0.4 is 16.0 Å². The van der Waals surface area contributed by atoms with E-state index in [9.17, 15) is 19.5 Å². The quantitative estimate of drug-likeness (QED) is 0.163. The third-order valence-electron chi connectivity index (χ3n) is 7.38. The summed E-state index contributed by atoms with van der Waals surface area (Å²) in [5, 5.41) is 28.3. The second-order valence-corrected chi connectivity index (χ2v) is 11.9. The molecule has 3 aromatic rings. The fraction of sp³-hybridized carbons (Fsp3) is 0.357. The number of amides is 2. The highest BCUT2D eigenvalue weighted by Gasteiger charge is 2.31. The number of benzene rings is 2. The number of nitriles is 1. The molecule has 0 aliphatic carbocycles. The third kappa shape index (κ3) is 6.27. The van der Waals surface area contributed by atoms with Crippen molar-refractivity contribution in [3.05, 3.63) is 68.0 Å². The molecule has 2 atom stereocenters. The van der Waals surface area contributed by atoms with Gasteiger partial charge in [-0.1, -0.05) is 41.4 Å². The van der Waals surface area contributed by atoms with Gasteiger partial charge in [-0.05, 0) is 54.0 Å². The molecule has 0 bridgehead atoms. The van der Waals surface area contributed by atoms with Crippen molar-refractivity contribution in [2.24, 2.45) is 0 Å². The van der Waals surface area contributed by atoms with Gasteiger partial charge >= 0.3 is 5.97 Å². The maximum atomic E-state index is 13.3. The third-order valence-corrected chi connectivity index (χ3v) is 9.20. The van der Waals surface area contributed by atoms with Crippen molar-refractivity contribution in [2.75, 3.05) is 26.2 Å². The summed E-state index contributed by atoms with van der Waals surface area (Å²) in [4.78, 5) is 42.9. The van der Waals surface area contributed by atoms with Gasteiger partial charge in [0, 0.05) is 37.4 Å². The number of carboxylic acid groups (broad SMARTS) is 1. The summed E-state index contributed by atoms with van der Waals surface area (Å²) in [6.07, 6.45) is 3.73. The number of likely N-dealkylation sites (tertiary alicyclic amines) is 1. The van der Waals surface area contributed by atoms with Crippen molar-refractivity contribution in [2.45, 2.75) is 38.1 Å². The lowest BCUT2D eigenvalue weighted by Gasteiger charge is -2.30. The van der Waals surface area contributed by atoms with Crippen LogP contribution in [0.15, 0.2) is 36.4 Å². The first-order valence-electron chi connectivity index (χ1n) is 13.2. The molecule has 0 radical (unpaired) electrons. The number of halogens is 2. The number of nitrogens with one attached hydrogen (secondary N) is 3. The molecule has 1 fully saturated rings. The molecule has 10 nitrogen and oxygen atoms in total. The lowest BCUT2D eigenvalue weighted by atomic mass is 9.96. The van der Waals surface area contributed by atoms with Crippen molar-refractivity contribution >= 4 is 62.4 Å². The Hall–Kier alpha value is -3.40. The highest BCUT2D eigenvalue weighted by molar-refractivity contribution is 7.20. The van der Waals surface area contributed by atoms with Crippen molar-refractivity contribution in [3.8, 4) is 6.19 Å². The molecule has 1 saturated heterocycles. The molecule has 1 aromatic heterocycles. The van der Waals surface area contributed by atoms with Crippen molar-refractivity contribution in [1.82, 2.24) is 25.8 Å². The lowest BCUT2D eigenvalue weighted by molar-refractivity contribution is -0.139. The van der Waals surface area contributed by atoms with E-state index in [-0.39, 0.29) is 34.6 Å². The number of carbonyl (C=O) groups excluding carboxylic acids is 2. The predicted molar refractivity (Wildman–Crippen MR) is 157 cm³/mol. The molecule has 4 N–H and O–H groups in total. The van der Waals surface area contributed by atoms with Crippen molar-refractivity contribution < 1.29 is 19.5 Å². The van der Waals surface area contributed by atoms with Crippen molar-refractivity contribution in [3.63, 3.8) is 0 Å². The highest BCUT2D eigenvalue weighted by atomic mass is 35.5. The number of rotatable bonds is 9. The average molecular weight is 616 g/mol. The first-order valence-corrected chi connectivity index (χ1v) is 14.8. The molecule has 214 valence electrons. The molecule has 13 heteroatoms. The zero-order valence-electron chi connectivity index (χ0n) is 22.0. The fourth-order valence-electron chi connectivity index (χ4n) is 5.27. The molecule has 0 saturated carbocycles. The van der Waals surface area contributed by atoms with Crippen molar-refractivity contribution in [1.29, 1.82) is 5.26 Å². The molecule has 2 amide bonds. The average Bonchev–Trinajstić information content (AvgIpc) is 3.64. The minimum Gasteiger partial charge on any atom is -0.480 e. The summed E-state index contributed by atoms with van der Waals surface area (Å²) in [7, 11) is 0. The van der Waals surface area contributed by atoms with Gasteiger partial charge in [-0.2, -0.15) is 5.26 Å². The van der Waals surface area contributed by atoms with E-state index in [1.807, 2.05) is 41.4 Å². The second-order valence-electron chi connectivity index (χ2n) is 9.98. The largest absolute Gasteiger partial charge is 0.480 e. The SMILES string of the molecule is N#CNC(NC[C@H](NC(=O)c1c(Cl)cc2c(c1Cl)CCN(C(=O)c1cc3ccccc3s1)C2)C(=O)O)N1CCCC1. The van der Waals surface area contributed by atoms with Crippen LogP contribution in [-0.2, 0) is 17.8 Å². The molecule has 3 heterocycles. The molecule has 2 aromatic carbocycles. The molecule has 2 aliphatic rings. The van der Waals surface area contributed by atoms with Gasteiger partial charge in [0.05, 0.1) is 20.5 Å². The minimum absolute atomic E-state index is 0.00569. The maximum Gasteiger partial charge on any atom is 0.327 e. The zero-order valence-corrected chi connectivity index (χ0v) is 24.3. The minimum atomic E-state index is -1.30. The molecule has 41 heavy (non-hydrogen) atoms. The van der Waals surface area contributed by atoms with Gasteiger partial charge in [-0.3, -0.25) is 25.1 Å². The van der Waals surface area contributed by atoms with Crippen LogP contribution in [0.3, 0.4) is 0 Å². The maximum absolute atomic E-state index is 13.3. The van der Waals surface area contributed by atoms with E-state index in [4.69, 9.17) is 28.5 Å². The smallest absolute Gasteiger partial charge is 0.327 e. The number of hydrogen-bond acceptors (Lipinski definition) is 8. The Morgan fingerprint density at radius 1 is 1.12 bits per heavy atom. The predicted octanol–water partition coefficient (Wildman–Crippen LogP) is 3.63. The zero-order chi connectivity index (χ0) is 29.1. The Morgan fingerprint density at radius 3 is 2.59 bits per heavy atom. The molecule has 1 unspecified atom stereocenters. The number of hydrogen-bond donors (Lipinski definition) is 4. The summed E-state index contributed by atoms with van der Waals surface area (Å²) in [5.74, 6) is -2.05. The standard InChI is InChI=1S/C28H28Cl2N6O4S/c29-19-11-17-14-36(26(38)22-12-16-5-1-2-6-21(16)41-22)10-7-18(17)24(30)23(19)25(37)34-20(27(39)40)13-32-28(33-15-31)35-8-3-4-9-35/h1-2,5-6,11-12,20,28,32-33H,3-4,7-10,13-14H2,(H,34,37)(H,39,40)/t20-,28?/m0/s1. The number of nitrogens with zero attached hydrogens (tertiary/aromatic N) is 3. The Labute approximate surface area is 250 Å². The first kappa shape index (κ1) is 29.1. The first-order chi connectivity index (χ1) is 19.8. The normalized spacial score (nSPS) is 16.6. The number of thiophene rings is 1. The van der Waals surface area contributed by atoms with Crippen LogP contribution in [0.25, 0.3) is 10.1 Å². The van der Waals surface area contributed by atoms with E-state index in [0.29, 0.717) is 23.4 Å². The number of carboxylic acids is 1. The van der Waals surface area contributed by atoms with E-state index >= 15 is 0 Å². The number of carbonyl (C=O) groups is 3.